The van der Waals surface area contributed by atoms with Gasteiger partial charge in [-0.05, 0) is 19.4 Å². The summed E-state index contributed by atoms with van der Waals surface area (Å²) in [5.41, 5.74) is 6.34. The Morgan fingerprint density at radius 1 is 1.63 bits per heavy atom. The van der Waals surface area contributed by atoms with Crippen LogP contribution in [0.4, 0.5) is 0 Å². The molecular weight excluding hydrogens is 266 g/mol. The molecule has 1 aromatic heterocycles. The van der Waals surface area contributed by atoms with Crippen LogP contribution in [0, 0.1) is 5.92 Å². The minimum Gasteiger partial charge on any atom is -0.381 e. The first-order valence-electron chi connectivity index (χ1n) is 6.39. The molecule has 1 aliphatic heterocycles. The number of rotatable bonds is 5. The number of ether oxygens (including phenoxy) is 1. The Morgan fingerprint density at radius 3 is 2.89 bits per heavy atom. The van der Waals surface area contributed by atoms with Crippen LogP contribution in [0.25, 0.3) is 0 Å². The highest BCUT2D eigenvalue weighted by molar-refractivity contribution is 7.89. The normalized spacial score (nSPS) is 21.7. The summed E-state index contributed by atoms with van der Waals surface area (Å²) >= 11 is 0. The number of hydrogen-bond acceptors (Lipinski definition) is 4. The molecule has 3 N–H and O–H groups in total. The zero-order valence-electron chi connectivity index (χ0n) is 11.3. The summed E-state index contributed by atoms with van der Waals surface area (Å²) in [5.74, 6) is 0.243. The number of aromatic nitrogens is 1. The van der Waals surface area contributed by atoms with E-state index >= 15 is 0 Å². The third kappa shape index (κ3) is 3.17. The van der Waals surface area contributed by atoms with Crippen molar-refractivity contribution in [2.45, 2.75) is 30.8 Å². The van der Waals surface area contributed by atoms with Gasteiger partial charge in [0.25, 0.3) is 0 Å². The molecule has 2 heterocycles. The molecule has 1 aromatic rings. The molecule has 7 heteroatoms. The maximum Gasteiger partial charge on any atom is 0.242 e. The summed E-state index contributed by atoms with van der Waals surface area (Å²) in [6, 6.07) is 1.48. The van der Waals surface area contributed by atoms with Gasteiger partial charge in [0.05, 0.1) is 11.5 Å². The Hall–Kier alpha value is -0.890. The van der Waals surface area contributed by atoms with Crippen LogP contribution in [-0.2, 0) is 28.4 Å². The number of hydrogen-bond donors (Lipinski definition) is 2. The number of aryl methyl sites for hydroxylation is 1. The van der Waals surface area contributed by atoms with E-state index in [0.29, 0.717) is 19.8 Å². The van der Waals surface area contributed by atoms with Gasteiger partial charge in [0.15, 0.2) is 0 Å². The third-order valence-electron chi connectivity index (χ3n) is 3.62. The molecule has 0 aromatic carbocycles. The lowest BCUT2D eigenvalue weighted by Crippen LogP contribution is -2.38. The SMILES string of the molecule is CC(NS(=O)(=O)c1cc(CN)n(C)c1)C1CCOC1. The second-order valence-electron chi connectivity index (χ2n) is 5.02. The summed E-state index contributed by atoms with van der Waals surface area (Å²) in [6.45, 7) is 3.52. The first-order valence-corrected chi connectivity index (χ1v) is 7.87. The van der Waals surface area contributed by atoms with Gasteiger partial charge in [-0.1, -0.05) is 0 Å². The van der Waals surface area contributed by atoms with E-state index in [1.165, 1.54) is 0 Å². The Morgan fingerprint density at radius 2 is 2.37 bits per heavy atom. The molecule has 0 amide bonds. The molecule has 1 fully saturated rings. The lowest BCUT2D eigenvalue weighted by atomic mass is 10.0. The van der Waals surface area contributed by atoms with Crippen LogP contribution in [0.2, 0.25) is 0 Å². The van der Waals surface area contributed by atoms with Gasteiger partial charge in [0.2, 0.25) is 10.0 Å². The third-order valence-corrected chi connectivity index (χ3v) is 5.14. The zero-order chi connectivity index (χ0) is 14.0. The number of sulfonamides is 1. The standard InChI is InChI=1S/C12H21N3O3S/c1-9(10-3-4-18-8-10)14-19(16,17)12-5-11(6-13)15(2)7-12/h5,7,9-10,14H,3-4,6,8,13H2,1-2H3. The maximum absolute atomic E-state index is 12.3. The van der Waals surface area contributed by atoms with Crippen LogP contribution in [0.5, 0.6) is 0 Å². The predicted octanol–water partition coefficient (Wildman–Crippen LogP) is 0.187. The molecule has 0 spiro atoms. The molecule has 1 saturated heterocycles. The van der Waals surface area contributed by atoms with Crippen molar-refractivity contribution < 1.29 is 13.2 Å². The fraction of sp³-hybridized carbons (Fsp3) is 0.667. The van der Waals surface area contributed by atoms with Crippen LogP contribution < -0.4 is 10.5 Å². The van der Waals surface area contributed by atoms with Crippen molar-refractivity contribution in [2.75, 3.05) is 13.2 Å². The summed E-state index contributed by atoms with van der Waals surface area (Å²) in [7, 11) is -1.70. The quantitative estimate of drug-likeness (QED) is 0.809. The van der Waals surface area contributed by atoms with Crippen molar-refractivity contribution in [1.82, 2.24) is 9.29 Å². The van der Waals surface area contributed by atoms with E-state index < -0.39 is 10.0 Å². The molecule has 2 unspecified atom stereocenters. The number of nitrogens with zero attached hydrogens (tertiary/aromatic N) is 1. The van der Waals surface area contributed by atoms with Gasteiger partial charge in [0, 0.05) is 44.0 Å². The minimum absolute atomic E-state index is 0.131. The predicted molar refractivity (Wildman–Crippen MR) is 72.0 cm³/mol. The van der Waals surface area contributed by atoms with E-state index in [1.54, 1.807) is 23.9 Å². The second-order valence-corrected chi connectivity index (χ2v) is 6.73. The van der Waals surface area contributed by atoms with Crippen LogP contribution >= 0.6 is 0 Å². The first kappa shape index (κ1) is 14.5. The summed E-state index contributed by atoms with van der Waals surface area (Å²) in [5, 5.41) is 0. The second kappa shape index (κ2) is 5.62. The molecule has 1 aliphatic rings. The molecule has 0 bridgehead atoms. The molecule has 2 atom stereocenters. The Kier molecular flexibility index (Phi) is 4.29. The molecule has 19 heavy (non-hydrogen) atoms. The molecule has 0 saturated carbocycles. The minimum atomic E-state index is -3.49. The highest BCUT2D eigenvalue weighted by atomic mass is 32.2. The first-order chi connectivity index (χ1) is 8.94. The fourth-order valence-corrected chi connectivity index (χ4v) is 3.69. The van der Waals surface area contributed by atoms with Crippen molar-refractivity contribution in [3.05, 3.63) is 18.0 Å². The van der Waals surface area contributed by atoms with Gasteiger partial charge < -0.3 is 15.0 Å². The highest BCUT2D eigenvalue weighted by Crippen LogP contribution is 2.19. The van der Waals surface area contributed by atoms with Gasteiger partial charge >= 0.3 is 0 Å². The fourth-order valence-electron chi connectivity index (χ4n) is 2.28. The smallest absolute Gasteiger partial charge is 0.242 e. The van der Waals surface area contributed by atoms with Crippen LogP contribution in [0.15, 0.2) is 17.2 Å². The van der Waals surface area contributed by atoms with Crippen molar-refractivity contribution in [2.24, 2.45) is 18.7 Å². The topological polar surface area (TPSA) is 86.4 Å². The monoisotopic (exact) mass is 287 g/mol. The Bertz CT molecular complexity index is 532. The van der Waals surface area contributed by atoms with Gasteiger partial charge in [0.1, 0.15) is 0 Å². The van der Waals surface area contributed by atoms with E-state index in [9.17, 15) is 8.42 Å². The maximum atomic E-state index is 12.3. The molecule has 0 aliphatic carbocycles. The van der Waals surface area contributed by atoms with Crippen LogP contribution in [0.3, 0.4) is 0 Å². The zero-order valence-corrected chi connectivity index (χ0v) is 12.1. The van der Waals surface area contributed by atoms with Crippen molar-refractivity contribution in [1.29, 1.82) is 0 Å². The van der Waals surface area contributed by atoms with Gasteiger partial charge in [-0.3, -0.25) is 0 Å². The largest absolute Gasteiger partial charge is 0.381 e. The van der Waals surface area contributed by atoms with E-state index in [4.69, 9.17) is 10.5 Å². The molecule has 2 rings (SSSR count). The number of nitrogens with two attached hydrogens (primary N) is 1. The van der Waals surface area contributed by atoms with Crippen LogP contribution in [0.1, 0.15) is 19.0 Å². The molecular formula is C12H21N3O3S. The lowest BCUT2D eigenvalue weighted by Gasteiger charge is -2.18. The average Bonchev–Trinajstić information content (AvgIpc) is 2.96. The van der Waals surface area contributed by atoms with E-state index in [-0.39, 0.29) is 16.9 Å². The molecule has 108 valence electrons. The molecule has 0 radical (unpaired) electrons. The summed E-state index contributed by atoms with van der Waals surface area (Å²) in [4.78, 5) is 0.265. The Labute approximate surface area is 114 Å². The molecule has 6 nitrogen and oxygen atoms in total. The van der Waals surface area contributed by atoms with E-state index in [0.717, 1.165) is 12.1 Å². The van der Waals surface area contributed by atoms with Crippen molar-refractivity contribution in [3.8, 4) is 0 Å². The van der Waals surface area contributed by atoms with E-state index in [1.807, 2.05) is 6.92 Å². The summed E-state index contributed by atoms with van der Waals surface area (Å²) in [6.07, 6.45) is 2.48. The van der Waals surface area contributed by atoms with E-state index in [2.05, 4.69) is 4.72 Å². The highest BCUT2D eigenvalue weighted by Gasteiger charge is 2.27. The average molecular weight is 287 g/mol. The van der Waals surface area contributed by atoms with Gasteiger partial charge in [-0.15, -0.1) is 0 Å². The van der Waals surface area contributed by atoms with Crippen molar-refractivity contribution >= 4 is 10.0 Å². The van der Waals surface area contributed by atoms with Gasteiger partial charge in [-0.2, -0.15) is 0 Å². The van der Waals surface area contributed by atoms with Crippen LogP contribution in [-0.4, -0.2) is 32.2 Å². The summed E-state index contributed by atoms with van der Waals surface area (Å²) < 4.78 is 34.3. The van der Waals surface area contributed by atoms with Crippen molar-refractivity contribution in [3.63, 3.8) is 0 Å². The lowest BCUT2D eigenvalue weighted by molar-refractivity contribution is 0.180. The van der Waals surface area contributed by atoms with Gasteiger partial charge in [-0.25, -0.2) is 13.1 Å². The Balaban J connectivity index is 2.12. The number of nitrogens with one attached hydrogen (secondary N) is 1.